The van der Waals surface area contributed by atoms with E-state index >= 15 is 0 Å². The minimum atomic E-state index is -3.90. The van der Waals surface area contributed by atoms with Gasteiger partial charge in [-0.3, -0.25) is 4.79 Å². The standard InChI is InChI=1S/C18H19FN2O3S2/c1-25-15-8-6-14(7-9-15)18(22)20-10-12-21(13-11-20)26(23,24)17-5-3-2-4-16(17)19/h2-9H,10-13H2,1H3. The monoisotopic (exact) mass is 394 g/mol. The van der Waals surface area contributed by atoms with Crippen LogP contribution >= 0.6 is 11.8 Å². The number of sulfonamides is 1. The van der Waals surface area contributed by atoms with Crippen molar-refractivity contribution in [2.24, 2.45) is 0 Å². The van der Waals surface area contributed by atoms with E-state index in [4.69, 9.17) is 0 Å². The Bertz CT molecular complexity index is 893. The van der Waals surface area contributed by atoms with E-state index in [0.29, 0.717) is 5.56 Å². The van der Waals surface area contributed by atoms with Crippen LogP contribution in [-0.2, 0) is 10.0 Å². The van der Waals surface area contributed by atoms with Gasteiger partial charge in [-0.15, -0.1) is 11.8 Å². The predicted molar refractivity (Wildman–Crippen MR) is 99.3 cm³/mol. The average Bonchev–Trinajstić information content (AvgIpc) is 2.68. The largest absolute Gasteiger partial charge is 0.336 e. The Labute approximate surface area is 156 Å². The van der Waals surface area contributed by atoms with Crippen molar-refractivity contribution in [2.75, 3.05) is 32.4 Å². The molecule has 2 aromatic carbocycles. The maximum atomic E-state index is 13.9. The van der Waals surface area contributed by atoms with Crippen molar-refractivity contribution in [1.29, 1.82) is 0 Å². The molecule has 26 heavy (non-hydrogen) atoms. The fourth-order valence-corrected chi connectivity index (χ4v) is 4.74. The summed E-state index contributed by atoms with van der Waals surface area (Å²) in [5.74, 6) is -0.888. The van der Waals surface area contributed by atoms with Gasteiger partial charge in [0.05, 0.1) is 0 Å². The van der Waals surface area contributed by atoms with Gasteiger partial charge >= 0.3 is 0 Å². The number of carbonyl (C=O) groups excluding carboxylic acids is 1. The molecule has 0 spiro atoms. The van der Waals surface area contributed by atoms with Crippen LogP contribution in [-0.4, -0.2) is 56.0 Å². The van der Waals surface area contributed by atoms with Crippen molar-refractivity contribution in [1.82, 2.24) is 9.21 Å². The fourth-order valence-electron chi connectivity index (χ4n) is 2.84. The number of piperazine rings is 1. The number of amides is 1. The molecule has 0 saturated carbocycles. The van der Waals surface area contributed by atoms with Gasteiger partial charge in [-0.1, -0.05) is 12.1 Å². The van der Waals surface area contributed by atoms with Gasteiger partial charge in [-0.05, 0) is 42.7 Å². The normalized spacial score (nSPS) is 15.8. The lowest BCUT2D eigenvalue weighted by atomic mass is 10.2. The molecular formula is C18H19FN2O3S2. The molecule has 0 bridgehead atoms. The molecule has 5 nitrogen and oxygen atoms in total. The van der Waals surface area contributed by atoms with Crippen molar-refractivity contribution in [2.45, 2.75) is 9.79 Å². The van der Waals surface area contributed by atoms with Gasteiger partial charge < -0.3 is 4.90 Å². The molecule has 138 valence electrons. The van der Waals surface area contributed by atoms with Crippen LogP contribution < -0.4 is 0 Å². The van der Waals surface area contributed by atoms with Crippen LogP contribution in [0.25, 0.3) is 0 Å². The highest BCUT2D eigenvalue weighted by Crippen LogP contribution is 2.21. The van der Waals surface area contributed by atoms with E-state index in [1.807, 2.05) is 18.4 Å². The molecule has 0 radical (unpaired) electrons. The Balaban J connectivity index is 1.68. The van der Waals surface area contributed by atoms with Gasteiger partial charge in [0.1, 0.15) is 10.7 Å². The summed E-state index contributed by atoms with van der Waals surface area (Å²) >= 11 is 1.60. The molecule has 1 amide bonds. The molecule has 1 heterocycles. The highest BCUT2D eigenvalue weighted by molar-refractivity contribution is 7.98. The molecule has 1 saturated heterocycles. The van der Waals surface area contributed by atoms with E-state index in [9.17, 15) is 17.6 Å². The molecule has 1 aliphatic heterocycles. The maximum Gasteiger partial charge on any atom is 0.253 e. The summed E-state index contributed by atoms with van der Waals surface area (Å²) in [6, 6.07) is 12.7. The van der Waals surface area contributed by atoms with Crippen molar-refractivity contribution < 1.29 is 17.6 Å². The molecule has 0 unspecified atom stereocenters. The lowest BCUT2D eigenvalue weighted by molar-refractivity contribution is 0.0697. The number of halogens is 1. The molecule has 1 aliphatic rings. The second kappa shape index (κ2) is 7.77. The third kappa shape index (κ3) is 3.77. The van der Waals surface area contributed by atoms with E-state index in [1.165, 1.54) is 22.5 Å². The summed E-state index contributed by atoms with van der Waals surface area (Å²) in [6.45, 7) is 0.837. The van der Waals surface area contributed by atoms with Crippen molar-refractivity contribution in [3.8, 4) is 0 Å². The number of hydrogen-bond acceptors (Lipinski definition) is 4. The number of carbonyl (C=O) groups is 1. The molecule has 0 aromatic heterocycles. The van der Waals surface area contributed by atoms with E-state index in [0.717, 1.165) is 11.0 Å². The van der Waals surface area contributed by atoms with Gasteiger partial charge in [-0.2, -0.15) is 4.31 Å². The zero-order valence-electron chi connectivity index (χ0n) is 14.3. The Kier molecular flexibility index (Phi) is 5.64. The summed E-state index contributed by atoms with van der Waals surface area (Å²) in [5.41, 5.74) is 0.577. The Morgan fingerprint density at radius 3 is 2.19 bits per heavy atom. The van der Waals surface area contributed by atoms with Crippen LogP contribution in [0.15, 0.2) is 58.3 Å². The van der Waals surface area contributed by atoms with E-state index in [2.05, 4.69) is 0 Å². The fraction of sp³-hybridized carbons (Fsp3) is 0.278. The van der Waals surface area contributed by atoms with Gasteiger partial charge in [-0.25, -0.2) is 12.8 Å². The van der Waals surface area contributed by atoms with Crippen LogP contribution in [0.2, 0.25) is 0 Å². The first-order chi connectivity index (χ1) is 12.4. The Hall–Kier alpha value is -1.90. The summed E-state index contributed by atoms with van der Waals surface area (Å²) in [4.78, 5) is 14.9. The van der Waals surface area contributed by atoms with E-state index < -0.39 is 15.8 Å². The third-order valence-electron chi connectivity index (χ3n) is 4.32. The lowest BCUT2D eigenvalue weighted by Crippen LogP contribution is -2.50. The van der Waals surface area contributed by atoms with Gasteiger partial charge in [0.25, 0.3) is 5.91 Å². The smallest absolute Gasteiger partial charge is 0.253 e. The first kappa shape index (κ1) is 18.9. The summed E-state index contributed by atoms with van der Waals surface area (Å²) in [6.07, 6.45) is 1.96. The minimum absolute atomic E-state index is 0.124. The number of benzene rings is 2. The number of rotatable bonds is 4. The molecule has 0 aliphatic carbocycles. The molecule has 1 fully saturated rings. The second-order valence-electron chi connectivity index (χ2n) is 5.86. The van der Waals surface area contributed by atoms with Crippen LogP contribution in [0.1, 0.15) is 10.4 Å². The zero-order valence-corrected chi connectivity index (χ0v) is 15.9. The quantitative estimate of drug-likeness (QED) is 0.748. The van der Waals surface area contributed by atoms with Crippen molar-refractivity contribution >= 4 is 27.7 Å². The summed E-state index contributed by atoms with van der Waals surface area (Å²) in [7, 11) is -3.90. The summed E-state index contributed by atoms with van der Waals surface area (Å²) in [5, 5.41) is 0. The Morgan fingerprint density at radius 1 is 1.00 bits per heavy atom. The average molecular weight is 394 g/mol. The van der Waals surface area contributed by atoms with Crippen LogP contribution in [0, 0.1) is 5.82 Å². The van der Waals surface area contributed by atoms with Gasteiger partial charge in [0.15, 0.2) is 0 Å². The number of thioether (sulfide) groups is 1. The topological polar surface area (TPSA) is 57.7 Å². The predicted octanol–water partition coefficient (Wildman–Crippen LogP) is 2.69. The SMILES string of the molecule is CSc1ccc(C(=O)N2CCN(S(=O)(=O)c3ccccc3F)CC2)cc1. The summed E-state index contributed by atoms with van der Waals surface area (Å²) < 4.78 is 40.3. The third-order valence-corrected chi connectivity index (χ3v) is 6.99. The van der Waals surface area contributed by atoms with Crippen molar-refractivity contribution in [3.05, 3.63) is 59.9 Å². The van der Waals surface area contributed by atoms with Crippen LogP contribution in [0.4, 0.5) is 4.39 Å². The van der Waals surface area contributed by atoms with Crippen LogP contribution in [0.5, 0.6) is 0 Å². The van der Waals surface area contributed by atoms with Gasteiger partial charge in [0, 0.05) is 36.6 Å². The van der Waals surface area contributed by atoms with E-state index in [-0.39, 0.29) is 37.0 Å². The first-order valence-corrected chi connectivity index (χ1v) is 10.8. The zero-order chi connectivity index (χ0) is 18.7. The molecule has 3 rings (SSSR count). The van der Waals surface area contributed by atoms with E-state index in [1.54, 1.807) is 28.8 Å². The highest BCUT2D eigenvalue weighted by atomic mass is 32.2. The maximum absolute atomic E-state index is 13.9. The molecule has 0 N–H and O–H groups in total. The van der Waals surface area contributed by atoms with Crippen molar-refractivity contribution in [3.63, 3.8) is 0 Å². The second-order valence-corrected chi connectivity index (χ2v) is 8.64. The molecular weight excluding hydrogens is 375 g/mol. The molecule has 8 heteroatoms. The number of nitrogens with zero attached hydrogens (tertiary/aromatic N) is 2. The molecule has 2 aromatic rings. The van der Waals surface area contributed by atoms with Gasteiger partial charge in [0.2, 0.25) is 10.0 Å². The van der Waals surface area contributed by atoms with Crippen LogP contribution in [0.3, 0.4) is 0 Å². The lowest BCUT2D eigenvalue weighted by Gasteiger charge is -2.34. The Morgan fingerprint density at radius 2 is 1.62 bits per heavy atom. The minimum Gasteiger partial charge on any atom is -0.336 e. The molecule has 0 atom stereocenters. The number of hydrogen-bond donors (Lipinski definition) is 0. The highest BCUT2D eigenvalue weighted by Gasteiger charge is 2.31. The first-order valence-electron chi connectivity index (χ1n) is 8.11.